The molecule has 162 valence electrons. The normalized spacial score (nSPS) is 25.2. The zero-order chi connectivity index (χ0) is 21.3. The third-order valence-electron chi connectivity index (χ3n) is 6.75. The summed E-state index contributed by atoms with van der Waals surface area (Å²) >= 11 is 0. The van der Waals surface area contributed by atoms with Gasteiger partial charge in [-0.15, -0.1) is 0 Å². The number of fused-ring (bicyclic) bond motifs is 2. The predicted molar refractivity (Wildman–Crippen MR) is 115 cm³/mol. The Hall–Kier alpha value is -1.60. The monoisotopic (exact) mass is 422 g/mol. The maximum absolute atomic E-state index is 12.3. The van der Waals surface area contributed by atoms with Crippen molar-refractivity contribution >= 4 is 15.7 Å². The molecule has 1 aromatic carbocycles. The topological polar surface area (TPSA) is 75.7 Å². The van der Waals surface area contributed by atoms with Crippen LogP contribution in [-0.4, -0.2) is 56.5 Å². The van der Waals surface area contributed by atoms with Crippen molar-refractivity contribution in [3.05, 3.63) is 28.8 Å². The molecule has 0 aromatic heterocycles. The number of hydrogen-bond acceptors (Lipinski definition) is 5. The summed E-state index contributed by atoms with van der Waals surface area (Å²) in [5.41, 5.74) is 3.77. The molecule has 1 N–H and O–H groups in total. The molecule has 7 heteroatoms. The number of methoxy groups -OCH3 is 1. The molecule has 2 bridgehead atoms. The molecule has 0 radical (unpaired) electrons. The first kappa shape index (κ1) is 22.1. The SMILES string of the molecule is COc1ccc(C(C)N2C3CCC2C(NC(=O)CCCS(C)(=O)=O)C3)c(C)c1C. The number of nitrogens with one attached hydrogen (secondary N) is 1. The van der Waals surface area contributed by atoms with Gasteiger partial charge in [-0.3, -0.25) is 9.69 Å². The van der Waals surface area contributed by atoms with E-state index in [-0.39, 0.29) is 30.2 Å². The maximum Gasteiger partial charge on any atom is 0.220 e. The van der Waals surface area contributed by atoms with Gasteiger partial charge in [0.1, 0.15) is 15.6 Å². The minimum atomic E-state index is -3.02. The highest BCUT2D eigenvalue weighted by atomic mass is 32.2. The van der Waals surface area contributed by atoms with Crippen LogP contribution in [0.5, 0.6) is 5.75 Å². The van der Waals surface area contributed by atoms with E-state index in [1.807, 2.05) is 6.07 Å². The number of carbonyl (C=O) groups excluding carboxylic acids is 1. The zero-order valence-corrected chi connectivity index (χ0v) is 19.0. The van der Waals surface area contributed by atoms with Crippen LogP contribution in [0.3, 0.4) is 0 Å². The van der Waals surface area contributed by atoms with E-state index >= 15 is 0 Å². The molecule has 0 spiro atoms. The van der Waals surface area contributed by atoms with E-state index in [0.29, 0.717) is 18.5 Å². The lowest BCUT2D eigenvalue weighted by Crippen LogP contribution is -2.44. The lowest BCUT2D eigenvalue weighted by atomic mass is 9.95. The molecule has 1 aromatic rings. The Balaban J connectivity index is 1.66. The van der Waals surface area contributed by atoms with Gasteiger partial charge in [-0.05, 0) is 69.2 Å². The van der Waals surface area contributed by atoms with Crippen molar-refractivity contribution in [1.29, 1.82) is 0 Å². The Bertz CT molecular complexity index is 868. The molecule has 29 heavy (non-hydrogen) atoms. The number of amides is 1. The van der Waals surface area contributed by atoms with E-state index in [2.05, 4.69) is 37.1 Å². The summed E-state index contributed by atoms with van der Waals surface area (Å²) < 4.78 is 28.0. The molecule has 2 aliphatic rings. The molecule has 6 nitrogen and oxygen atoms in total. The third-order valence-corrected chi connectivity index (χ3v) is 7.78. The van der Waals surface area contributed by atoms with Gasteiger partial charge in [0.05, 0.1) is 12.9 Å². The fourth-order valence-electron chi connectivity index (χ4n) is 5.21. The standard InChI is InChI=1S/C22H34N2O4S/c1-14-15(2)21(28-4)11-9-18(14)16(3)24-17-8-10-20(24)19(13-17)23-22(25)7-6-12-29(5,26)27/h9,11,16-17,19-20H,6-8,10,12-13H2,1-5H3,(H,23,25). The zero-order valence-electron chi connectivity index (χ0n) is 18.2. The Morgan fingerprint density at radius 3 is 2.66 bits per heavy atom. The fraction of sp³-hybridized carbons (Fsp3) is 0.682. The Morgan fingerprint density at radius 1 is 1.28 bits per heavy atom. The quantitative estimate of drug-likeness (QED) is 0.697. The molecule has 0 aliphatic carbocycles. The molecular formula is C22H34N2O4S. The van der Waals surface area contributed by atoms with Crippen LogP contribution in [0.15, 0.2) is 12.1 Å². The Morgan fingerprint density at radius 2 is 2.00 bits per heavy atom. The molecule has 4 unspecified atom stereocenters. The number of benzene rings is 1. The van der Waals surface area contributed by atoms with Gasteiger partial charge in [-0.25, -0.2) is 8.42 Å². The number of sulfone groups is 1. The lowest BCUT2D eigenvalue weighted by Gasteiger charge is -2.32. The second-order valence-electron chi connectivity index (χ2n) is 8.67. The highest BCUT2D eigenvalue weighted by Gasteiger charge is 2.48. The molecule has 1 amide bonds. The third kappa shape index (κ3) is 4.77. The van der Waals surface area contributed by atoms with E-state index < -0.39 is 9.84 Å². The van der Waals surface area contributed by atoms with E-state index in [0.717, 1.165) is 18.6 Å². The van der Waals surface area contributed by atoms with Crippen molar-refractivity contribution in [3.63, 3.8) is 0 Å². The fourth-order valence-corrected chi connectivity index (χ4v) is 5.88. The van der Waals surface area contributed by atoms with Crippen LogP contribution in [0, 0.1) is 13.8 Å². The number of carbonyl (C=O) groups is 1. The van der Waals surface area contributed by atoms with Crippen molar-refractivity contribution in [2.75, 3.05) is 19.1 Å². The summed E-state index contributed by atoms with van der Waals surface area (Å²) in [5, 5.41) is 3.18. The molecule has 3 rings (SSSR count). The minimum Gasteiger partial charge on any atom is -0.496 e. The number of hydrogen-bond donors (Lipinski definition) is 1. The number of rotatable bonds is 8. The van der Waals surface area contributed by atoms with Gasteiger partial charge in [-0.2, -0.15) is 0 Å². The summed E-state index contributed by atoms with van der Waals surface area (Å²) in [6.45, 7) is 6.51. The van der Waals surface area contributed by atoms with Crippen LogP contribution >= 0.6 is 0 Å². The Labute approximate surface area is 174 Å². The largest absolute Gasteiger partial charge is 0.496 e. The van der Waals surface area contributed by atoms with Crippen molar-refractivity contribution in [2.45, 2.75) is 77.0 Å². The predicted octanol–water partition coefficient (Wildman–Crippen LogP) is 2.92. The van der Waals surface area contributed by atoms with Crippen molar-refractivity contribution in [3.8, 4) is 5.75 Å². The van der Waals surface area contributed by atoms with E-state index in [4.69, 9.17) is 4.74 Å². The molecule has 4 atom stereocenters. The van der Waals surface area contributed by atoms with Crippen LogP contribution in [0.25, 0.3) is 0 Å². The second kappa shape index (κ2) is 8.64. The van der Waals surface area contributed by atoms with Crippen molar-refractivity contribution < 1.29 is 17.9 Å². The second-order valence-corrected chi connectivity index (χ2v) is 10.9. The highest BCUT2D eigenvalue weighted by Crippen LogP contribution is 2.44. The van der Waals surface area contributed by atoms with Gasteiger partial charge < -0.3 is 10.1 Å². The number of ether oxygens (including phenoxy) is 1. The first-order chi connectivity index (χ1) is 13.6. The molecular weight excluding hydrogens is 388 g/mol. The summed E-state index contributed by atoms with van der Waals surface area (Å²) in [5.74, 6) is 0.952. The van der Waals surface area contributed by atoms with Crippen LogP contribution < -0.4 is 10.1 Å². The molecule has 2 heterocycles. The summed E-state index contributed by atoms with van der Waals surface area (Å²) in [6, 6.07) is 5.48. The van der Waals surface area contributed by atoms with Crippen molar-refractivity contribution in [1.82, 2.24) is 10.2 Å². The molecule has 0 saturated carbocycles. The van der Waals surface area contributed by atoms with Crippen molar-refractivity contribution in [2.24, 2.45) is 0 Å². The van der Waals surface area contributed by atoms with Gasteiger partial charge >= 0.3 is 0 Å². The minimum absolute atomic E-state index is 0.0322. The smallest absolute Gasteiger partial charge is 0.220 e. The van der Waals surface area contributed by atoms with Gasteiger partial charge in [0.25, 0.3) is 0 Å². The van der Waals surface area contributed by atoms with Gasteiger partial charge in [0.2, 0.25) is 5.91 Å². The van der Waals surface area contributed by atoms with Gasteiger partial charge in [0, 0.05) is 36.8 Å². The highest BCUT2D eigenvalue weighted by molar-refractivity contribution is 7.90. The van der Waals surface area contributed by atoms with E-state index in [9.17, 15) is 13.2 Å². The Kier molecular flexibility index (Phi) is 6.58. The first-order valence-corrected chi connectivity index (χ1v) is 12.6. The average molecular weight is 423 g/mol. The number of nitrogens with zero attached hydrogens (tertiary/aromatic N) is 1. The van der Waals surface area contributed by atoms with Gasteiger partial charge in [-0.1, -0.05) is 6.07 Å². The van der Waals surface area contributed by atoms with Gasteiger partial charge in [0.15, 0.2) is 0 Å². The lowest BCUT2D eigenvalue weighted by molar-refractivity contribution is -0.122. The van der Waals surface area contributed by atoms with E-state index in [1.54, 1.807) is 7.11 Å². The summed E-state index contributed by atoms with van der Waals surface area (Å²) in [4.78, 5) is 14.9. The summed E-state index contributed by atoms with van der Waals surface area (Å²) in [6.07, 6.45) is 5.11. The van der Waals surface area contributed by atoms with Crippen LogP contribution in [-0.2, 0) is 14.6 Å². The van der Waals surface area contributed by atoms with Crippen LogP contribution in [0.2, 0.25) is 0 Å². The van der Waals surface area contributed by atoms with E-state index in [1.165, 1.54) is 29.4 Å². The van der Waals surface area contributed by atoms with Crippen LogP contribution in [0.4, 0.5) is 0 Å². The average Bonchev–Trinajstić information content (AvgIpc) is 3.20. The maximum atomic E-state index is 12.3. The molecule has 2 saturated heterocycles. The van der Waals surface area contributed by atoms with Crippen LogP contribution in [0.1, 0.15) is 61.8 Å². The first-order valence-electron chi connectivity index (χ1n) is 10.5. The summed E-state index contributed by atoms with van der Waals surface area (Å²) in [7, 11) is -1.31. The molecule has 2 aliphatic heterocycles. The molecule has 2 fully saturated rings.